The van der Waals surface area contributed by atoms with Gasteiger partial charge in [0.2, 0.25) is 0 Å². The number of ketones is 1. The number of halogens is 2. The molecule has 0 atom stereocenters. The minimum Gasteiger partial charge on any atom is -0.312 e. The minimum absolute atomic E-state index is 0.00215. The number of hydrogen-bond acceptors (Lipinski definition) is 2. The summed E-state index contributed by atoms with van der Waals surface area (Å²) < 4.78 is 0. The van der Waals surface area contributed by atoms with Gasteiger partial charge in [-0.15, -0.1) is 0 Å². The van der Waals surface area contributed by atoms with E-state index in [4.69, 9.17) is 23.2 Å². The van der Waals surface area contributed by atoms with E-state index in [0.29, 0.717) is 15.6 Å². The average molecular weight is 306 g/mol. The van der Waals surface area contributed by atoms with Crippen molar-refractivity contribution in [3.05, 3.63) is 68.7 Å². The van der Waals surface area contributed by atoms with Crippen LogP contribution < -0.4 is 5.32 Å². The molecule has 3 rings (SSSR count). The summed E-state index contributed by atoms with van der Waals surface area (Å²) in [6.07, 6.45) is 0.874. The van der Waals surface area contributed by atoms with Crippen molar-refractivity contribution in [3.63, 3.8) is 0 Å². The second kappa shape index (κ2) is 5.57. The Hall–Kier alpha value is -1.35. The zero-order valence-electron chi connectivity index (χ0n) is 10.7. The van der Waals surface area contributed by atoms with Crippen LogP contribution in [0.5, 0.6) is 0 Å². The average Bonchev–Trinajstić information content (AvgIpc) is 2.49. The van der Waals surface area contributed by atoms with Gasteiger partial charge in [-0.1, -0.05) is 41.4 Å². The molecule has 0 amide bonds. The van der Waals surface area contributed by atoms with Gasteiger partial charge in [-0.2, -0.15) is 0 Å². The van der Waals surface area contributed by atoms with Gasteiger partial charge in [-0.3, -0.25) is 4.79 Å². The third-order valence-electron chi connectivity index (χ3n) is 3.57. The zero-order valence-corrected chi connectivity index (χ0v) is 12.3. The molecule has 1 heterocycles. The summed E-state index contributed by atoms with van der Waals surface area (Å²) in [6.45, 7) is 1.72. The van der Waals surface area contributed by atoms with E-state index in [1.165, 1.54) is 5.56 Å². The lowest BCUT2D eigenvalue weighted by Gasteiger charge is -2.19. The highest BCUT2D eigenvalue weighted by Gasteiger charge is 2.18. The standard InChI is InChI=1S/C16H13Cl2NO/c17-14-5-4-10(8-15(14)18)16(20)13-3-1-2-11-9-19-7-6-12(11)13/h1-5,8,19H,6-7,9H2. The van der Waals surface area contributed by atoms with Gasteiger partial charge in [-0.25, -0.2) is 0 Å². The summed E-state index contributed by atoms with van der Waals surface area (Å²) in [5.74, 6) is 0.00215. The lowest BCUT2D eigenvalue weighted by molar-refractivity contribution is 0.103. The number of nitrogens with one attached hydrogen (secondary N) is 1. The van der Waals surface area contributed by atoms with Crippen molar-refractivity contribution < 1.29 is 4.79 Å². The maximum Gasteiger partial charge on any atom is 0.193 e. The molecule has 0 saturated heterocycles. The Labute approximate surface area is 127 Å². The normalized spacial score (nSPS) is 13.9. The molecule has 102 valence electrons. The van der Waals surface area contributed by atoms with Crippen LogP contribution in [0.3, 0.4) is 0 Å². The third kappa shape index (κ3) is 2.47. The van der Waals surface area contributed by atoms with Crippen molar-refractivity contribution in [1.82, 2.24) is 5.32 Å². The van der Waals surface area contributed by atoms with Crippen molar-refractivity contribution in [3.8, 4) is 0 Å². The number of carbonyl (C=O) groups is 1. The molecule has 0 aliphatic carbocycles. The van der Waals surface area contributed by atoms with Gasteiger partial charge in [0, 0.05) is 17.7 Å². The van der Waals surface area contributed by atoms with E-state index in [1.807, 2.05) is 12.1 Å². The van der Waals surface area contributed by atoms with E-state index in [-0.39, 0.29) is 5.78 Å². The highest BCUT2D eigenvalue weighted by Crippen LogP contribution is 2.26. The monoisotopic (exact) mass is 305 g/mol. The Balaban J connectivity index is 2.04. The molecular formula is C16H13Cl2NO. The third-order valence-corrected chi connectivity index (χ3v) is 4.31. The molecule has 20 heavy (non-hydrogen) atoms. The van der Waals surface area contributed by atoms with E-state index in [1.54, 1.807) is 18.2 Å². The molecule has 1 aliphatic heterocycles. The fourth-order valence-electron chi connectivity index (χ4n) is 2.54. The Morgan fingerprint density at radius 3 is 2.75 bits per heavy atom. The zero-order chi connectivity index (χ0) is 14.1. The molecule has 1 N–H and O–H groups in total. The molecule has 0 unspecified atom stereocenters. The molecule has 0 radical (unpaired) electrons. The molecule has 0 fully saturated rings. The fraction of sp³-hybridized carbons (Fsp3) is 0.188. The van der Waals surface area contributed by atoms with Gasteiger partial charge >= 0.3 is 0 Å². The largest absolute Gasteiger partial charge is 0.312 e. The Morgan fingerprint density at radius 2 is 1.95 bits per heavy atom. The highest BCUT2D eigenvalue weighted by molar-refractivity contribution is 6.42. The van der Waals surface area contributed by atoms with Crippen LogP contribution in [0.2, 0.25) is 10.0 Å². The fourth-order valence-corrected chi connectivity index (χ4v) is 2.84. The number of hydrogen-bond donors (Lipinski definition) is 1. The molecule has 0 bridgehead atoms. The maximum atomic E-state index is 12.7. The quantitative estimate of drug-likeness (QED) is 0.853. The summed E-state index contributed by atoms with van der Waals surface area (Å²) in [7, 11) is 0. The summed E-state index contributed by atoms with van der Waals surface area (Å²) in [4.78, 5) is 12.7. The minimum atomic E-state index is 0.00215. The molecule has 2 aromatic rings. The van der Waals surface area contributed by atoms with Crippen LogP contribution in [0.25, 0.3) is 0 Å². The first kappa shape index (κ1) is 13.6. The molecule has 4 heteroatoms. The smallest absolute Gasteiger partial charge is 0.193 e. The molecule has 2 nitrogen and oxygen atoms in total. The van der Waals surface area contributed by atoms with E-state index in [9.17, 15) is 4.79 Å². The van der Waals surface area contributed by atoms with Crippen LogP contribution in [0.1, 0.15) is 27.0 Å². The lowest BCUT2D eigenvalue weighted by Crippen LogP contribution is -2.25. The second-order valence-electron chi connectivity index (χ2n) is 4.83. The number of fused-ring (bicyclic) bond motifs is 1. The molecule has 0 aromatic heterocycles. The second-order valence-corrected chi connectivity index (χ2v) is 5.64. The first-order valence-electron chi connectivity index (χ1n) is 6.48. The van der Waals surface area contributed by atoms with E-state index < -0.39 is 0 Å². The maximum absolute atomic E-state index is 12.7. The van der Waals surface area contributed by atoms with Crippen LogP contribution in [-0.2, 0) is 13.0 Å². The topological polar surface area (TPSA) is 29.1 Å². The number of rotatable bonds is 2. The molecular weight excluding hydrogens is 293 g/mol. The predicted octanol–water partition coefficient (Wildman–Crippen LogP) is 3.87. The van der Waals surface area contributed by atoms with Gasteiger partial charge in [-0.05, 0) is 42.3 Å². The van der Waals surface area contributed by atoms with Crippen molar-refractivity contribution in [1.29, 1.82) is 0 Å². The van der Waals surface area contributed by atoms with Gasteiger partial charge in [0.1, 0.15) is 0 Å². The van der Waals surface area contributed by atoms with Crippen molar-refractivity contribution in [2.45, 2.75) is 13.0 Å². The Kier molecular flexibility index (Phi) is 3.79. The van der Waals surface area contributed by atoms with E-state index in [0.717, 1.165) is 30.6 Å². The van der Waals surface area contributed by atoms with Gasteiger partial charge < -0.3 is 5.32 Å². The van der Waals surface area contributed by atoms with E-state index >= 15 is 0 Å². The summed E-state index contributed by atoms with van der Waals surface area (Å²) >= 11 is 11.9. The van der Waals surface area contributed by atoms with Crippen molar-refractivity contribution in [2.24, 2.45) is 0 Å². The summed E-state index contributed by atoms with van der Waals surface area (Å²) in [6, 6.07) is 10.9. The molecule has 0 spiro atoms. The molecule has 1 aliphatic rings. The Morgan fingerprint density at radius 1 is 1.10 bits per heavy atom. The number of carbonyl (C=O) groups excluding carboxylic acids is 1. The van der Waals surface area contributed by atoms with Crippen molar-refractivity contribution >= 4 is 29.0 Å². The van der Waals surface area contributed by atoms with E-state index in [2.05, 4.69) is 11.4 Å². The summed E-state index contributed by atoms with van der Waals surface area (Å²) in [5, 5.41) is 4.18. The van der Waals surface area contributed by atoms with Gasteiger partial charge in [0.15, 0.2) is 5.78 Å². The first-order valence-corrected chi connectivity index (χ1v) is 7.23. The van der Waals surface area contributed by atoms with Crippen molar-refractivity contribution in [2.75, 3.05) is 6.54 Å². The van der Waals surface area contributed by atoms with Crippen LogP contribution in [0.15, 0.2) is 36.4 Å². The first-order chi connectivity index (χ1) is 9.66. The lowest BCUT2D eigenvalue weighted by atomic mass is 9.91. The van der Waals surface area contributed by atoms with Gasteiger partial charge in [0.25, 0.3) is 0 Å². The predicted molar refractivity (Wildman–Crippen MR) is 81.7 cm³/mol. The highest BCUT2D eigenvalue weighted by atomic mass is 35.5. The SMILES string of the molecule is O=C(c1ccc(Cl)c(Cl)c1)c1cccc2c1CCNC2. The van der Waals surface area contributed by atoms with Crippen LogP contribution >= 0.6 is 23.2 Å². The number of benzene rings is 2. The van der Waals surface area contributed by atoms with Gasteiger partial charge in [0.05, 0.1) is 10.0 Å². The summed E-state index contributed by atoms with van der Waals surface area (Å²) in [5.41, 5.74) is 3.68. The molecule has 0 saturated carbocycles. The molecule has 2 aromatic carbocycles. The Bertz CT molecular complexity index is 682. The van der Waals surface area contributed by atoms with Crippen LogP contribution in [0, 0.1) is 0 Å². The van der Waals surface area contributed by atoms with Crippen LogP contribution in [0.4, 0.5) is 0 Å². The van der Waals surface area contributed by atoms with Crippen LogP contribution in [-0.4, -0.2) is 12.3 Å².